The van der Waals surface area contributed by atoms with Gasteiger partial charge in [0.15, 0.2) is 0 Å². The van der Waals surface area contributed by atoms with Crippen LogP contribution in [0.25, 0.3) is 0 Å². The summed E-state index contributed by atoms with van der Waals surface area (Å²) in [4.78, 5) is 12.4. The van der Waals surface area contributed by atoms with E-state index in [4.69, 9.17) is 5.84 Å². The monoisotopic (exact) mass is 352 g/mol. The van der Waals surface area contributed by atoms with E-state index in [0.717, 1.165) is 20.7 Å². The predicted octanol–water partition coefficient (Wildman–Crippen LogP) is 3.05. The van der Waals surface area contributed by atoms with Crippen molar-refractivity contribution in [1.82, 2.24) is 5.43 Å². The van der Waals surface area contributed by atoms with E-state index in [1.54, 1.807) is 42.1 Å². The van der Waals surface area contributed by atoms with Crippen molar-refractivity contribution in [3.05, 3.63) is 58.1 Å². The van der Waals surface area contributed by atoms with Crippen LogP contribution in [0.2, 0.25) is 0 Å². The molecule has 4 N–H and O–H groups in total. The molecule has 0 aliphatic carbocycles. The number of rotatable bonds is 4. The Bertz CT molecular complexity index is 634. The molecule has 0 saturated heterocycles. The zero-order valence-electron chi connectivity index (χ0n) is 10.5. The van der Waals surface area contributed by atoms with Crippen LogP contribution in [0.15, 0.2) is 51.8 Å². The molecule has 20 heavy (non-hydrogen) atoms. The second-order valence-electron chi connectivity index (χ2n) is 4.07. The van der Waals surface area contributed by atoms with Crippen molar-refractivity contribution in [2.24, 2.45) is 5.84 Å². The largest absolute Gasteiger partial charge is 0.508 e. The van der Waals surface area contributed by atoms with E-state index in [0.29, 0.717) is 5.56 Å². The molecule has 2 rings (SSSR count). The highest BCUT2D eigenvalue weighted by Gasteiger charge is 2.07. The quantitative estimate of drug-likeness (QED) is 0.342. The Morgan fingerprint density at radius 1 is 1.30 bits per heavy atom. The summed E-state index contributed by atoms with van der Waals surface area (Å²) in [5.74, 6) is 5.76. The molecule has 0 unspecified atom stereocenters. The molecule has 0 fully saturated rings. The second-order valence-corrected chi connectivity index (χ2v) is 5.97. The van der Waals surface area contributed by atoms with Gasteiger partial charge in [0.2, 0.25) is 0 Å². The van der Waals surface area contributed by atoms with Gasteiger partial charge < -0.3 is 5.11 Å². The first kappa shape index (κ1) is 14.9. The third-order valence-corrected chi connectivity index (χ3v) is 4.44. The smallest absolute Gasteiger partial charge is 0.265 e. The molecule has 6 heteroatoms. The van der Waals surface area contributed by atoms with Crippen LogP contribution >= 0.6 is 27.7 Å². The van der Waals surface area contributed by atoms with E-state index >= 15 is 0 Å². The maximum absolute atomic E-state index is 11.4. The summed E-state index contributed by atoms with van der Waals surface area (Å²) < 4.78 is 0.853. The fraction of sp³-hybridized carbons (Fsp3) is 0.0714. The van der Waals surface area contributed by atoms with Gasteiger partial charge in [-0.1, -0.05) is 28.1 Å². The molecule has 0 radical (unpaired) electrons. The van der Waals surface area contributed by atoms with E-state index < -0.39 is 0 Å². The molecule has 0 bridgehead atoms. The van der Waals surface area contributed by atoms with Gasteiger partial charge in [0.1, 0.15) is 5.75 Å². The lowest BCUT2D eigenvalue weighted by Gasteiger charge is -2.07. The lowest BCUT2D eigenvalue weighted by atomic mass is 10.1. The number of hydrogen-bond acceptors (Lipinski definition) is 4. The number of phenolic OH excluding ortho intramolecular Hbond substituents is 1. The molecular weight excluding hydrogens is 340 g/mol. The highest BCUT2D eigenvalue weighted by atomic mass is 79.9. The van der Waals surface area contributed by atoms with Gasteiger partial charge in [-0.05, 0) is 35.9 Å². The third kappa shape index (κ3) is 3.75. The molecule has 0 spiro atoms. The first-order chi connectivity index (χ1) is 9.60. The van der Waals surface area contributed by atoms with Crippen molar-refractivity contribution in [2.75, 3.05) is 0 Å². The molecule has 104 valence electrons. The van der Waals surface area contributed by atoms with E-state index in [1.807, 2.05) is 12.1 Å². The first-order valence-electron chi connectivity index (χ1n) is 5.81. The zero-order chi connectivity index (χ0) is 14.5. The van der Waals surface area contributed by atoms with Crippen LogP contribution < -0.4 is 11.3 Å². The number of phenols is 1. The Morgan fingerprint density at radius 3 is 2.75 bits per heavy atom. The molecule has 0 aromatic heterocycles. The molecule has 0 aliphatic heterocycles. The number of nitrogens with two attached hydrogens (primary N) is 1. The molecule has 1 amide bonds. The minimum atomic E-state index is -0.321. The summed E-state index contributed by atoms with van der Waals surface area (Å²) in [6, 6.07) is 12.4. The van der Waals surface area contributed by atoms with Crippen LogP contribution in [0.1, 0.15) is 15.9 Å². The van der Waals surface area contributed by atoms with Crippen LogP contribution in [-0.2, 0) is 5.75 Å². The highest BCUT2D eigenvalue weighted by Crippen LogP contribution is 2.29. The lowest BCUT2D eigenvalue weighted by molar-refractivity contribution is 0.0953. The van der Waals surface area contributed by atoms with Gasteiger partial charge >= 0.3 is 0 Å². The number of aromatic hydroxyl groups is 1. The zero-order valence-corrected chi connectivity index (χ0v) is 12.9. The Labute approximate surface area is 129 Å². The van der Waals surface area contributed by atoms with Crippen LogP contribution in [0.4, 0.5) is 0 Å². The van der Waals surface area contributed by atoms with E-state index in [-0.39, 0.29) is 11.7 Å². The fourth-order valence-electron chi connectivity index (χ4n) is 1.62. The summed E-state index contributed by atoms with van der Waals surface area (Å²) in [7, 11) is 0. The van der Waals surface area contributed by atoms with Gasteiger partial charge in [0.25, 0.3) is 5.91 Å². The van der Waals surface area contributed by atoms with Crippen molar-refractivity contribution in [3.8, 4) is 5.75 Å². The lowest BCUT2D eigenvalue weighted by Crippen LogP contribution is -2.29. The number of hydrazine groups is 1. The Kier molecular flexibility index (Phi) is 5.05. The SMILES string of the molecule is NNC(=O)c1ccc(CSc2cccc(O)c2)c(Br)c1. The van der Waals surface area contributed by atoms with Crippen molar-refractivity contribution >= 4 is 33.6 Å². The second kappa shape index (κ2) is 6.78. The summed E-state index contributed by atoms with van der Waals surface area (Å²) in [6.45, 7) is 0. The van der Waals surface area contributed by atoms with E-state index in [2.05, 4.69) is 21.4 Å². The minimum Gasteiger partial charge on any atom is -0.508 e. The summed E-state index contributed by atoms with van der Waals surface area (Å²) >= 11 is 5.06. The summed E-state index contributed by atoms with van der Waals surface area (Å²) in [6.07, 6.45) is 0. The number of carbonyl (C=O) groups is 1. The number of hydrogen-bond donors (Lipinski definition) is 3. The van der Waals surface area contributed by atoms with Gasteiger partial charge in [-0.25, -0.2) is 5.84 Å². The average Bonchev–Trinajstić information content (AvgIpc) is 2.45. The number of amides is 1. The van der Waals surface area contributed by atoms with Gasteiger partial charge in [0.05, 0.1) is 0 Å². The topological polar surface area (TPSA) is 75.3 Å². The molecular formula is C14H13BrN2O2S. The maximum Gasteiger partial charge on any atom is 0.265 e. The van der Waals surface area contributed by atoms with Crippen LogP contribution in [-0.4, -0.2) is 11.0 Å². The predicted molar refractivity (Wildman–Crippen MR) is 83.5 cm³/mol. The van der Waals surface area contributed by atoms with Gasteiger partial charge in [-0.3, -0.25) is 10.2 Å². The summed E-state index contributed by atoms with van der Waals surface area (Å²) in [5.41, 5.74) is 3.67. The van der Waals surface area contributed by atoms with Crippen molar-refractivity contribution in [2.45, 2.75) is 10.6 Å². The first-order valence-corrected chi connectivity index (χ1v) is 7.59. The number of thioether (sulfide) groups is 1. The average molecular weight is 353 g/mol. The molecule has 0 heterocycles. The number of nitrogens with one attached hydrogen (secondary N) is 1. The van der Waals surface area contributed by atoms with Gasteiger partial charge in [-0.15, -0.1) is 11.8 Å². The van der Waals surface area contributed by atoms with Crippen LogP contribution in [0, 0.1) is 0 Å². The normalized spacial score (nSPS) is 10.3. The Balaban J connectivity index is 2.08. The standard InChI is InChI=1S/C14H13BrN2O2S/c15-13-6-9(14(19)17-16)4-5-10(13)8-20-12-3-1-2-11(18)7-12/h1-7,18H,8,16H2,(H,17,19). The van der Waals surface area contributed by atoms with E-state index in [9.17, 15) is 9.90 Å². The minimum absolute atomic E-state index is 0.254. The van der Waals surface area contributed by atoms with Crippen LogP contribution in [0.5, 0.6) is 5.75 Å². The molecule has 2 aromatic carbocycles. The number of nitrogen functional groups attached to an aromatic ring is 1. The summed E-state index contributed by atoms with van der Waals surface area (Å²) in [5, 5.41) is 9.41. The fourth-order valence-corrected chi connectivity index (χ4v) is 3.28. The van der Waals surface area contributed by atoms with Crippen molar-refractivity contribution in [3.63, 3.8) is 0 Å². The van der Waals surface area contributed by atoms with Crippen molar-refractivity contribution < 1.29 is 9.90 Å². The number of halogens is 1. The molecule has 0 saturated carbocycles. The highest BCUT2D eigenvalue weighted by molar-refractivity contribution is 9.10. The van der Waals surface area contributed by atoms with Crippen molar-refractivity contribution in [1.29, 1.82) is 0 Å². The Hall–Kier alpha value is -1.50. The Morgan fingerprint density at radius 2 is 2.10 bits per heavy atom. The number of carbonyl (C=O) groups excluding carboxylic acids is 1. The molecule has 2 aromatic rings. The molecule has 0 atom stereocenters. The van der Waals surface area contributed by atoms with Crippen LogP contribution in [0.3, 0.4) is 0 Å². The molecule has 4 nitrogen and oxygen atoms in total. The number of benzene rings is 2. The third-order valence-electron chi connectivity index (χ3n) is 2.66. The van der Waals surface area contributed by atoms with Gasteiger partial charge in [0, 0.05) is 20.7 Å². The van der Waals surface area contributed by atoms with E-state index in [1.165, 1.54) is 0 Å². The molecule has 0 aliphatic rings. The van der Waals surface area contributed by atoms with Gasteiger partial charge in [-0.2, -0.15) is 0 Å². The maximum atomic E-state index is 11.4.